The van der Waals surface area contributed by atoms with E-state index in [2.05, 4.69) is 37.9 Å². The average Bonchev–Trinajstić information content (AvgIpc) is 1.83. The third-order valence-electron chi connectivity index (χ3n) is 1.24. The van der Waals surface area contributed by atoms with E-state index in [9.17, 15) is 0 Å². The highest BCUT2D eigenvalue weighted by atomic mass is 79.9. The minimum atomic E-state index is 0.834. The van der Waals surface area contributed by atoms with Crippen molar-refractivity contribution in [1.82, 2.24) is 0 Å². The van der Waals surface area contributed by atoms with Gasteiger partial charge in [0.25, 0.3) is 0 Å². The van der Waals surface area contributed by atoms with Crippen LogP contribution >= 0.6 is 31.9 Å². The Kier molecular flexibility index (Phi) is 2.35. The second kappa shape index (κ2) is 2.88. The smallest absolute Gasteiger partial charge is 0.0558 e. The van der Waals surface area contributed by atoms with Crippen molar-refractivity contribution < 1.29 is 0 Å². The summed E-state index contributed by atoms with van der Waals surface area (Å²) in [6.07, 6.45) is 4.18. The second-order valence-electron chi connectivity index (χ2n) is 1.91. The Bertz CT molecular complexity index is 181. The van der Waals surface area contributed by atoms with E-state index in [-0.39, 0.29) is 0 Å². The summed E-state index contributed by atoms with van der Waals surface area (Å²) < 4.78 is 2.12. The maximum atomic E-state index is 5.64. The van der Waals surface area contributed by atoms with Gasteiger partial charge in [0.2, 0.25) is 0 Å². The van der Waals surface area contributed by atoms with Crippen LogP contribution in [0.4, 0.5) is 0 Å². The lowest BCUT2D eigenvalue weighted by Crippen LogP contribution is -2.02. The van der Waals surface area contributed by atoms with E-state index in [4.69, 9.17) is 5.73 Å². The molecule has 3 heteroatoms. The SMILES string of the molecule is NC1=C(Br)CCC=C1Br. The van der Waals surface area contributed by atoms with E-state index in [1.54, 1.807) is 0 Å². The zero-order chi connectivity index (χ0) is 6.85. The molecule has 1 aliphatic rings. The molecule has 0 fully saturated rings. The number of halogens is 2. The van der Waals surface area contributed by atoms with E-state index in [1.807, 2.05) is 0 Å². The van der Waals surface area contributed by atoms with Crippen LogP contribution < -0.4 is 5.73 Å². The summed E-state index contributed by atoms with van der Waals surface area (Å²) in [5.74, 6) is 0. The number of hydrogen-bond acceptors (Lipinski definition) is 1. The zero-order valence-corrected chi connectivity index (χ0v) is 8.00. The number of rotatable bonds is 0. The summed E-state index contributed by atoms with van der Waals surface area (Å²) >= 11 is 6.72. The van der Waals surface area contributed by atoms with E-state index in [0.29, 0.717) is 0 Å². The van der Waals surface area contributed by atoms with Gasteiger partial charge in [-0.3, -0.25) is 0 Å². The average molecular weight is 253 g/mol. The maximum absolute atomic E-state index is 5.64. The fourth-order valence-corrected chi connectivity index (χ4v) is 1.88. The van der Waals surface area contributed by atoms with Gasteiger partial charge >= 0.3 is 0 Å². The molecule has 0 radical (unpaired) electrons. The molecule has 0 heterocycles. The Morgan fingerprint density at radius 2 is 2.11 bits per heavy atom. The quantitative estimate of drug-likeness (QED) is 0.705. The van der Waals surface area contributed by atoms with Gasteiger partial charge in [0.05, 0.1) is 5.70 Å². The van der Waals surface area contributed by atoms with Crippen LogP contribution in [-0.2, 0) is 0 Å². The summed E-state index contributed by atoms with van der Waals surface area (Å²) in [4.78, 5) is 0. The molecule has 1 rings (SSSR count). The summed E-state index contributed by atoms with van der Waals surface area (Å²) in [5.41, 5.74) is 6.47. The van der Waals surface area contributed by atoms with Crippen LogP contribution in [0.25, 0.3) is 0 Å². The Balaban J connectivity index is 2.88. The highest BCUT2D eigenvalue weighted by Crippen LogP contribution is 2.28. The molecular formula is C6H7Br2N. The maximum Gasteiger partial charge on any atom is 0.0558 e. The Hall–Kier alpha value is 0.240. The monoisotopic (exact) mass is 251 g/mol. The lowest BCUT2D eigenvalue weighted by atomic mass is 10.1. The van der Waals surface area contributed by atoms with Crippen molar-refractivity contribution in [2.24, 2.45) is 5.73 Å². The van der Waals surface area contributed by atoms with Gasteiger partial charge in [-0.1, -0.05) is 22.0 Å². The zero-order valence-electron chi connectivity index (χ0n) is 4.82. The Morgan fingerprint density at radius 3 is 2.56 bits per heavy atom. The van der Waals surface area contributed by atoms with Crippen molar-refractivity contribution in [3.05, 3.63) is 20.7 Å². The molecule has 0 amide bonds. The molecule has 9 heavy (non-hydrogen) atoms. The number of allylic oxidation sites excluding steroid dienone is 3. The molecule has 0 saturated carbocycles. The molecule has 0 spiro atoms. The third kappa shape index (κ3) is 1.58. The second-order valence-corrected chi connectivity index (χ2v) is 3.72. The summed E-state index contributed by atoms with van der Waals surface area (Å²) in [6.45, 7) is 0. The van der Waals surface area contributed by atoms with E-state index in [1.165, 1.54) is 0 Å². The first-order chi connectivity index (χ1) is 4.22. The van der Waals surface area contributed by atoms with Gasteiger partial charge in [-0.15, -0.1) is 0 Å². The summed E-state index contributed by atoms with van der Waals surface area (Å²) in [7, 11) is 0. The number of hydrogen-bond donors (Lipinski definition) is 1. The largest absolute Gasteiger partial charge is 0.397 e. The lowest BCUT2D eigenvalue weighted by molar-refractivity contribution is 0.994. The molecule has 1 aliphatic carbocycles. The molecular weight excluding hydrogens is 246 g/mol. The molecule has 0 saturated heterocycles. The first-order valence-corrected chi connectivity index (χ1v) is 4.30. The van der Waals surface area contributed by atoms with Gasteiger partial charge < -0.3 is 5.73 Å². The van der Waals surface area contributed by atoms with E-state index >= 15 is 0 Å². The van der Waals surface area contributed by atoms with E-state index in [0.717, 1.165) is 27.5 Å². The molecule has 1 nitrogen and oxygen atoms in total. The van der Waals surface area contributed by atoms with Crippen LogP contribution in [0, 0.1) is 0 Å². The minimum absolute atomic E-state index is 0.834. The van der Waals surface area contributed by atoms with Crippen molar-refractivity contribution in [3.8, 4) is 0 Å². The summed E-state index contributed by atoms with van der Waals surface area (Å²) in [5, 5.41) is 0. The van der Waals surface area contributed by atoms with Gasteiger partial charge in [-0.2, -0.15) is 0 Å². The van der Waals surface area contributed by atoms with Crippen LogP contribution in [0.3, 0.4) is 0 Å². The first-order valence-electron chi connectivity index (χ1n) is 2.72. The van der Waals surface area contributed by atoms with Gasteiger partial charge in [-0.25, -0.2) is 0 Å². The molecule has 0 unspecified atom stereocenters. The fraction of sp³-hybridized carbons (Fsp3) is 0.333. The normalized spacial score (nSPS) is 20.0. The van der Waals surface area contributed by atoms with Crippen LogP contribution in [0.5, 0.6) is 0 Å². The van der Waals surface area contributed by atoms with Crippen molar-refractivity contribution in [2.75, 3.05) is 0 Å². The van der Waals surface area contributed by atoms with Gasteiger partial charge in [0.15, 0.2) is 0 Å². The van der Waals surface area contributed by atoms with Gasteiger partial charge in [0, 0.05) is 8.96 Å². The highest BCUT2D eigenvalue weighted by molar-refractivity contribution is 9.12. The molecule has 0 bridgehead atoms. The van der Waals surface area contributed by atoms with Gasteiger partial charge in [-0.05, 0) is 28.8 Å². The topological polar surface area (TPSA) is 26.0 Å². The third-order valence-corrected chi connectivity index (χ3v) is 2.81. The molecule has 0 aromatic carbocycles. The number of nitrogens with two attached hydrogens (primary N) is 1. The lowest BCUT2D eigenvalue weighted by Gasteiger charge is -2.09. The van der Waals surface area contributed by atoms with E-state index < -0.39 is 0 Å². The predicted molar refractivity (Wildman–Crippen MR) is 46.4 cm³/mol. The van der Waals surface area contributed by atoms with Gasteiger partial charge in [0.1, 0.15) is 0 Å². The van der Waals surface area contributed by atoms with Crippen molar-refractivity contribution in [2.45, 2.75) is 12.8 Å². The van der Waals surface area contributed by atoms with Crippen molar-refractivity contribution >= 4 is 31.9 Å². The highest BCUT2D eigenvalue weighted by Gasteiger charge is 2.07. The molecule has 0 aliphatic heterocycles. The Morgan fingerprint density at radius 1 is 1.44 bits per heavy atom. The van der Waals surface area contributed by atoms with Crippen LogP contribution in [0.2, 0.25) is 0 Å². The molecule has 0 atom stereocenters. The minimum Gasteiger partial charge on any atom is -0.397 e. The predicted octanol–water partition coefficient (Wildman–Crippen LogP) is 2.62. The fourth-order valence-electron chi connectivity index (χ4n) is 0.700. The molecule has 2 N–H and O–H groups in total. The Labute approximate surface area is 71.3 Å². The van der Waals surface area contributed by atoms with Crippen LogP contribution in [0.15, 0.2) is 20.7 Å². The van der Waals surface area contributed by atoms with Crippen molar-refractivity contribution in [1.29, 1.82) is 0 Å². The first kappa shape index (κ1) is 7.35. The van der Waals surface area contributed by atoms with Crippen LogP contribution in [-0.4, -0.2) is 0 Å². The molecule has 50 valence electrons. The van der Waals surface area contributed by atoms with Crippen molar-refractivity contribution in [3.63, 3.8) is 0 Å². The standard InChI is InChI=1S/C6H7Br2N/c7-4-2-1-3-5(8)6(4)9/h2H,1,3,9H2. The van der Waals surface area contributed by atoms with Crippen LogP contribution in [0.1, 0.15) is 12.8 Å². The summed E-state index contributed by atoms with van der Waals surface area (Å²) in [6, 6.07) is 0. The molecule has 0 aromatic heterocycles. The molecule has 0 aromatic rings.